The van der Waals surface area contributed by atoms with Gasteiger partial charge in [-0.2, -0.15) is 0 Å². The van der Waals surface area contributed by atoms with E-state index in [0.29, 0.717) is 12.0 Å². The summed E-state index contributed by atoms with van der Waals surface area (Å²) in [5.41, 5.74) is 0. The minimum atomic E-state index is 0.622. The molecule has 1 aliphatic heterocycles. The van der Waals surface area contributed by atoms with Crippen molar-refractivity contribution in [3.05, 3.63) is 0 Å². The number of rotatable bonds is 4. The Hall–Kier alpha value is -0.650. The molecule has 0 aromatic heterocycles. The first-order valence-corrected chi connectivity index (χ1v) is 7.28. The molecule has 2 fully saturated rings. The van der Waals surface area contributed by atoms with E-state index in [1.165, 1.54) is 38.4 Å². The van der Waals surface area contributed by atoms with Crippen molar-refractivity contribution in [2.24, 2.45) is 11.8 Å². The largest absolute Gasteiger partial charge is 0.314 e. The van der Waals surface area contributed by atoms with Gasteiger partial charge in [0.25, 0.3) is 0 Å². The topological polar surface area (TPSA) is 68.4 Å². The molecule has 4 N–H and O–H groups in total. The summed E-state index contributed by atoms with van der Waals surface area (Å²) in [6, 6.07) is 0.667. The quantitative estimate of drug-likeness (QED) is 0.226. The smallest absolute Gasteiger partial charge is 0.0958 e. The highest BCUT2D eigenvalue weighted by Gasteiger charge is 2.30. The van der Waals surface area contributed by atoms with Gasteiger partial charge in [-0.05, 0) is 18.8 Å². The van der Waals surface area contributed by atoms with Crippen molar-refractivity contribution in [2.75, 3.05) is 32.7 Å². The molecule has 18 heavy (non-hydrogen) atoms. The Labute approximate surface area is 110 Å². The van der Waals surface area contributed by atoms with Gasteiger partial charge in [-0.1, -0.05) is 19.3 Å². The Kier molecular flexibility index (Phi) is 5.41. The first-order chi connectivity index (χ1) is 8.81. The number of nitrogens with one attached hydrogen (secondary N) is 2. The fourth-order valence-electron chi connectivity index (χ4n) is 3.40. The molecule has 0 amide bonds. The van der Waals surface area contributed by atoms with Crippen LogP contribution in [-0.4, -0.2) is 55.0 Å². The monoisotopic (exact) mass is 253 g/mol. The van der Waals surface area contributed by atoms with Gasteiger partial charge in [0.05, 0.1) is 6.34 Å². The van der Waals surface area contributed by atoms with Gasteiger partial charge in [-0.25, -0.2) is 5.84 Å². The average molecular weight is 253 g/mol. The van der Waals surface area contributed by atoms with Crippen LogP contribution in [0.2, 0.25) is 0 Å². The first-order valence-electron chi connectivity index (χ1n) is 7.28. The molecule has 0 aromatic carbocycles. The zero-order valence-corrected chi connectivity index (χ0v) is 11.3. The molecule has 1 saturated carbocycles. The summed E-state index contributed by atoms with van der Waals surface area (Å²) in [5, 5.41) is 12.2. The third kappa shape index (κ3) is 3.67. The van der Waals surface area contributed by atoms with Crippen LogP contribution >= 0.6 is 0 Å². The van der Waals surface area contributed by atoms with E-state index in [1.54, 1.807) is 5.01 Å². The Bertz CT molecular complexity index is 252. The molecule has 0 radical (unpaired) electrons. The number of nitrogens with zero attached hydrogens (tertiary/aromatic N) is 2. The SMILES string of the molecule is N=CN(N)CC1CCCCCC1N1CCNCC1. The summed E-state index contributed by atoms with van der Waals surface area (Å²) in [7, 11) is 0. The van der Waals surface area contributed by atoms with Crippen molar-refractivity contribution in [1.29, 1.82) is 5.41 Å². The summed E-state index contributed by atoms with van der Waals surface area (Å²) in [6.07, 6.45) is 7.83. The molecule has 2 atom stereocenters. The van der Waals surface area contributed by atoms with Crippen molar-refractivity contribution in [1.82, 2.24) is 15.2 Å². The van der Waals surface area contributed by atoms with Crippen molar-refractivity contribution < 1.29 is 0 Å². The van der Waals surface area contributed by atoms with E-state index in [2.05, 4.69) is 10.2 Å². The van der Waals surface area contributed by atoms with Crippen molar-refractivity contribution in [2.45, 2.75) is 38.1 Å². The van der Waals surface area contributed by atoms with Crippen LogP contribution in [0.4, 0.5) is 0 Å². The van der Waals surface area contributed by atoms with Gasteiger partial charge in [0.1, 0.15) is 0 Å². The Morgan fingerprint density at radius 1 is 1.22 bits per heavy atom. The fourth-order valence-corrected chi connectivity index (χ4v) is 3.40. The van der Waals surface area contributed by atoms with E-state index >= 15 is 0 Å². The molecular formula is C13H27N5. The van der Waals surface area contributed by atoms with Crippen LogP contribution in [0.15, 0.2) is 0 Å². The third-order valence-electron chi connectivity index (χ3n) is 4.35. The van der Waals surface area contributed by atoms with Crippen LogP contribution < -0.4 is 11.2 Å². The molecule has 5 nitrogen and oxygen atoms in total. The van der Waals surface area contributed by atoms with Crippen LogP contribution in [0.1, 0.15) is 32.1 Å². The highest BCUT2D eigenvalue weighted by molar-refractivity contribution is 5.49. The number of nitrogens with two attached hydrogens (primary N) is 1. The lowest BCUT2D eigenvalue weighted by molar-refractivity contribution is 0.105. The van der Waals surface area contributed by atoms with E-state index < -0.39 is 0 Å². The molecule has 104 valence electrons. The zero-order valence-electron chi connectivity index (χ0n) is 11.3. The molecule has 0 aromatic rings. The summed E-state index contributed by atoms with van der Waals surface area (Å²) in [6.45, 7) is 5.38. The second-order valence-electron chi connectivity index (χ2n) is 5.58. The lowest BCUT2D eigenvalue weighted by Gasteiger charge is -2.39. The molecular weight excluding hydrogens is 226 g/mol. The first kappa shape index (κ1) is 13.8. The summed E-state index contributed by atoms with van der Waals surface area (Å²) < 4.78 is 0. The molecule has 0 spiro atoms. The van der Waals surface area contributed by atoms with E-state index in [1.807, 2.05) is 0 Å². The minimum Gasteiger partial charge on any atom is -0.314 e. The lowest BCUT2D eigenvalue weighted by Crippen LogP contribution is -2.52. The molecule has 1 saturated heterocycles. The zero-order chi connectivity index (χ0) is 12.8. The predicted molar refractivity (Wildman–Crippen MR) is 74.5 cm³/mol. The molecule has 0 bridgehead atoms. The maximum absolute atomic E-state index is 7.24. The normalized spacial score (nSPS) is 30.7. The molecule has 1 aliphatic carbocycles. The van der Waals surface area contributed by atoms with E-state index in [-0.39, 0.29) is 0 Å². The van der Waals surface area contributed by atoms with Crippen molar-refractivity contribution >= 4 is 6.34 Å². The standard InChI is InChI=1S/C13H27N5/c14-11-18(15)10-12-4-2-1-3-5-13(12)17-8-6-16-7-9-17/h11-14,16H,1-10,15H2. The van der Waals surface area contributed by atoms with Crippen LogP contribution in [0.25, 0.3) is 0 Å². The van der Waals surface area contributed by atoms with Crippen molar-refractivity contribution in [3.8, 4) is 0 Å². The summed E-state index contributed by atoms with van der Waals surface area (Å²) >= 11 is 0. The predicted octanol–water partition coefficient (Wildman–Crippen LogP) is 0.623. The van der Waals surface area contributed by atoms with E-state index in [9.17, 15) is 0 Å². The van der Waals surface area contributed by atoms with Gasteiger partial charge in [0, 0.05) is 38.8 Å². The number of hydrazine groups is 1. The van der Waals surface area contributed by atoms with Crippen LogP contribution in [-0.2, 0) is 0 Å². The maximum Gasteiger partial charge on any atom is 0.0958 e. The Morgan fingerprint density at radius 2 is 1.94 bits per heavy atom. The third-order valence-corrected chi connectivity index (χ3v) is 4.35. The summed E-state index contributed by atoms with van der Waals surface area (Å²) in [4.78, 5) is 2.64. The second-order valence-corrected chi connectivity index (χ2v) is 5.58. The van der Waals surface area contributed by atoms with Gasteiger partial charge in [-0.3, -0.25) is 10.3 Å². The lowest BCUT2D eigenvalue weighted by atomic mass is 9.92. The number of piperazine rings is 1. The Balaban J connectivity index is 1.98. The van der Waals surface area contributed by atoms with Gasteiger partial charge >= 0.3 is 0 Å². The summed E-state index contributed by atoms with van der Waals surface area (Å²) in [5.74, 6) is 6.43. The van der Waals surface area contributed by atoms with Crippen LogP contribution in [0.3, 0.4) is 0 Å². The minimum absolute atomic E-state index is 0.622. The van der Waals surface area contributed by atoms with E-state index in [4.69, 9.17) is 11.3 Å². The molecule has 1 heterocycles. The average Bonchev–Trinajstić information content (AvgIpc) is 2.65. The van der Waals surface area contributed by atoms with Crippen LogP contribution in [0, 0.1) is 11.3 Å². The van der Waals surface area contributed by atoms with Crippen LogP contribution in [0.5, 0.6) is 0 Å². The fraction of sp³-hybridized carbons (Fsp3) is 0.923. The van der Waals surface area contributed by atoms with Gasteiger partial charge < -0.3 is 10.3 Å². The highest BCUT2D eigenvalue weighted by atomic mass is 15.4. The number of hydrogen-bond donors (Lipinski definition) is 3. The molecule has 2 unspecified atom stereocenters. The Morgan fingerprint density at radius 3 is 2.67 bits per heavy atom. The van der Waals surface area contributed by atoms with E-state index in [0.717, 1.165) is 32.7 Å². The molecule has 2 rings (SSSR count). The maximum atomic E-state index is 7.24. The number of hydrogen-bond acceptors (Lipinski definition) is 4. The van der Waals surface area contributed by atoms with Crippen molar-refractivity contribution in [3.63, 3.8) is 0 Å². The molecule has 5 heteroatoms. The van der Waals surface area contributed by atoms with Gasteiger partial charge in [0.2, 0.25) is 0 Å². The van der Waals surface area contributed by atoms with Gasteiger partial charge in [-0.15, -0.1) is 0 Å². The second kappa shape index (κ2) is 7.07. The molecule has 2 aliphatic rings. The highest BCUT2D eigenvalue weighted by Crippen LogP contribution is 2.28. The van der Waals surface area contributed by atoms with Gasteiger partial charge in [0.15, 0.2) is 0 Å².